The van der Waals surface area contributed by atoms with E-state index in [2.05, 4.69) is 30.6 Å². The highest BCUT2D eigenvalue weighted by Gasteiger charge is 2.24. The third-order valence-electron chi connectivity index (χ3n) is 3.10. The van der Waals surface area contributed by atoms with Crippen molar-refractivity contribution >= 4 is 0 Å². The lowest BCUT2D eigenvalue weighted by Gasteiger charge is -2.42. The predicted molar refractivity (Wildman–Crippen MR) is 61.4 cm³/mol. The standard InChI is InChI=1S/C11H25N3/c1-10(2)14-8-7-13(6-4-5-12)9-11(14)3/h10-11H,4-9,12H2,1-3H3. The van der Waals surface area contributed by atoms with Crippen molar-refractivity contribution in [2.45, 2.75) is 39.3 Å². The van der Waals surface area contributed by atoms with Gasteiger partial charge in [-0.25, -0.2) is 0 Å². The van der Waals surface area contributed by atoms with Gasteiger partial charge in [0.2, 0.25) is 0 Å². The molecule has 2 N–H and O–H groups in total. The van der Waals surface area contributed by atoms with Crippen LogP contribution in [0.2, 0.25) is 0 Å². The largest absolute Gasteiger partial charge is 0.330 e. The van der Waals surface area contributed by atoms with E-state index in [4.69, 9.17) is 5.73 Å². The SMILES string of the molecule is CC(C)N1CCN(CCCN)CC1C. The highest BCUT2D eigenvalue weighted by atomic mass is 15.3. The molecule has 1 saturated heterocycles. The molecule has 0 aromatic carbocycles. The Bertz CT molecular complexity index is 159. The Kier molecular flexibility index (Phi) is 4.85. The highest BCUT2D eigenvalue weighted by molar-refractivity contribution is 4.80. The van der Waals surface area contributed by atoms with E-state index in [1.807, 2.05) is 0 Å². The van der Waals surface area contributed by atoms with Crippen LogP contribution < -0.4 is 5.73 Å². The Morgan fingerprint density at radius 3 is 2.57 bits per heavy atom. The molecule has 14 heavy (non-hydrogen) atoms. The number of nitrogens with two attached hydrogens (primary N) is 1. The second kappa shape index (κ2) is 5.69. The molecular weight excluding hydrogens is 174 g/mol. The summed E-state index contributed by atoms with van der Waals surface area (Å²) in [6.07, 6.45) is 1.13. The quantitative estimate of drug-likeness (QED) is 0.725. The Balaban J connectivity index is 2.31. The van der Waals surface area contributed by atoms with Crippen LogP contribution >= 0.6 is 0 Å². The summed E-state index contributed by atoms with van der Waals surface area (Å²) < 4.78 is 0. The summed E-state index contributed by atoms with van der Waals surface area (Å²) in [6, 6.07) is 1.38. The lowest BCUT2D eigenvalue weighted by molar-refractivity contribution is 0.0601. The van der Waals surface area contributed by atoms with Crippen LogP contribution in [0.15, 0.2) is 0 Å². The fourth-order valence-corrected chi connectivity index (χ4v) is 2.33. The van der Waals surface area contributed by atoms with Crippen molar-refractivity contribution in [1.82, 2.24) is 9.80 Å². The van der Waals surface area contributed by atoms with E-state index >= 15 is 0 Å². The van der Waals surface area contributed by atoms with E-state index in [-0.39, 0.29) is 0 Å². The summed E-state index contributed by atoms with van der Waals surface area (Å²) in [5.74, 6) is 0. The molecule has 84 valence electrons. The average Bonchev–Trinajstić information content (AvgIpc) is 2.14. The minimum absolute atomic E-state index is 0.682. The number of piperazine rings is 1. The van der Waals surface area contributed by atoms with Crippen LogP contribution in [-0.4, -0.2) is 54.6 Å². The normalized spacial score (nSPS) is 25.9. The highest BCUT2D eigenvalue weighted by Crippen LogP contribution is 2.12. The molecule has 0 aromatic rings. The van der Waals surface area contributed by atoms with Gasteiger partial charge >= 0.3 is 0 Å². The lowest BCUT2D eigenvalue weighted by atomic mass is 10.1. The van der Waals surface area contributed by atoms with Crippen LogP contribution in [0.1, 0.15) is 27.2 Å². The third-order valence-corrected chi connectivity index (χ3v) is 3.10. The van der Waals surface area contributed by atoms with Crippen molar-refractivity contribution in [3.63, 3.8) is 0 Å². The first-order valence-electron chi connectivity index (χ1n) is 5.83. The summed E-state index contributed by atoms with van der Waals surface area (Å²) in [6.45, 7) is 12.5. The molecule has 1 atom stereocenters. The van der Waals surface area contributed by atoms with Crippen molar-refractivity contribution in [2.24, 2.45) is 5.73 Å². The Morgan fingerprint density at radius 1 is 1.36 bits per heavy atom. The molecule has 3 nitrogen and oxygen atoms in total. The van der Waals surface area contributed by atoms with Crippen molar-refractivity contribution in [3.05, 3.63) is 0 Å². The van der Waals surface area contributed by atoms with Crippen LogP contribution in [0.4, 0.5) is 0 Å². The van der Waals surface area contributed by atoms with Gasteiger partial charge in [0, 0.05) is 31.7 Å². The van der Waals surface area contributed by atoms with E-state index in [0.717, 1.165) is 13.0 Å². The van der Waals surface area contributed by atoms with E-state index in [0.29, 0.717) is 12.1 Å². The first kappa shape index (κ1) is 12.0. The smallest absolute Gasteiger partial charge is 0.0198 e. The second-order valence-corrected chi connectivity index (χ2v) is 4.62. The first-order valence-corrected chi connectivity index (χ1v) is 5.83. The molecule has 1 fully saturated rings. The molecule has 1 aliphatic rings. The van der Waals surface area contributed by atoms with Crippen LogP contribution in [0, 0.1) is 0 Å². The van der Waals surface area contributed by atoms with Gasteiger partial charge in [-0.1, -0.05) is 0 Å². The maximum absolute atomic E-state index is 5.52. The summed E-state index contributed by atoms with van der Waals surface area (Å²) in [5.41, 5.74) is 5.52. The number of hydrogen-bond donors (Lipinski definition) is 1. The summed E-state index contributed by atoms with van der Waals surface area (Å²) >= 11 is 0. The maximum atomic E-state index is 5.52. The fraction of sp³-hybridized carbons (Fsp3) is 1.00. The molecule has 0 spiro atoms. The molecule has 3 heteroatoms. The van der Waals surface area contributed by atoms with Gasteiger partial charge in [0.15, 0.2) is 0 Å². The molecule has 0 radical (unpaired) electrons. The van der Waals surface area contributed by atoms with Crippen molar-refractivity contribution in [3.8, 4) is 0 Å². The van der Waals surface area contributed by atoms with Gasteiger partial charge in [-0.3, -0.25) is 4.90 Å². The Labute approximate surface area is 88.2 Å². The van der Waals surface area contributed by atoms with Crippen LogP contribution in [0.3, 0.4) is 0 Å². The minimum atomic E-state index is 0.682. The summed E-state index contributed by atoms with van der Waals surface area (Å²) in [5, 5.41) is 0. The summed E-state index contributed by atoms with van der Waals surface area (Å²) in [7, 11) is 0. The molecule has 0 aliphatic carbocycles. The van der Waals surface area contributed by atoms with E-state index in [9.17, 15) is 0 Å². The van der Waals surface area contributed by atoms with Crippen LogP contribution in [-0.2, 0) is 0 Å². The molecule has 1 rings (SSSR count). The van der Waals surface area contributed by atoms with Gasteiger partial charge < -0.3 is 10.6 Å². The number of hydrogen-bond acceptors (Lipinski definition) is 3. The van der Waals surface area contributed by atoms with Crippen molar-refractivity contribution < 1.29 is 0 Å². The van der Waals surface area contributed by atoms with E-state index in [1.165, 1.54) is 26.2 Å². The maximum Gasteiger partial charge on any atom is 0.0198 e. The molecule has 0 aromatic heterocycles. The van der Waals surface area contributed by atoms with Gasteiger partial charge in [-0.15, -0.1) is 0 Å². The van der Waals surface area contributed by atoms with Gasteiger partial charge in [-0.2, -0.15) is 0 Å². The van der Waals surface area contributed by atoms with Crippen LogP contribution in [0.5, 0.6) is 0 Å². The molecule has 0 bridgehead atoms. The molecule has 1 aliphatic heterocycles. The monoisotopic (exact) mass is 199 g/mol. The van der Waals surface area contributed by atoms with Gasteiger partial charge in [-0.05, 0) is 40.3 Å². The van der Waals surface area contributed by atoms with E-state index in [1.54, 1.807) is 0 Å². The molecule has 1 heterocycles. The fourth-order valence-electron chi connectivity index (χ4n) is 2.33. The molecular formula is C11H25N3. The van der Waals surface area contributed by atoms with Crippen LogP contribution in [0.25, 0.3) is 0 Å². The van der Waals surface area contributed by atoms with Crippen molar-refractivity contribution in [1.29, 1.82) is 0 Å². The number of rotatable bonds is 4. The van der Waals surface area contributed by atoms with Gasteiger partial charge in [0.1, 0.15) is 0 Å². The first-order chi connectivity index (χ1) is 6.65. The number of nitrogens with zero attached hydrogens (tertiary/aromatic N) is 2. The zero-order valence-electron chi connectivity index (χ0n) is 9.87. The average molecular weight is 199 g/mol. The molecule has 0 saturated carbocycles. The molecule has 0 amide bonds. The lowest BCUT2D eigenvalue weighted by Crippen LogP contribution is -2.54. The Hall–Kier alpha value is -0.120. The summed E-state index contributed by atoms with van der Waals surface area (Å²) in [4.78, 5) is 5.12. The van der Waals surface area contributed by atoms with Gasteiger partial charge in [0.25, 0.3) is 0 Å². The van der Waals surface area contributed by atoms with Gasteiger partial charge in [0.05, 0.1) is 0 Å². The van der Waals surface area contributed by atoms with E-state index < -0.39 is 0 Å². The molecule has 1 unspecified atom stereocenters. The zero-order valence-corrected chi connectivity index (χ0v) is 9.87. The predicted octanol–water partition coefficient (Wildman–Crippen LogP) is 0.750. The Morgan fingerprint density at radius 2 is 2.07 bits per heavy atom. The van der Waals surface area contributed by atoms with Crippen molar-refractivity contribution in [2.75, 3.05) is 32.7 Å². The third kappa shape index (κ3) is 3.23. The topological polar surface area (TPSA) is 32.5 Å². The second-order valence-electron chi connectivity index (χ2n) is 4.62. The minimum Gasteiger partial charge on any atom is -0.330 e. The zero-order chi connectivity index (χ0) is 10.6.